The number of imide groups is 1. The average molecular weight is 650 g/mol. The van der Waals surface area contributed by atoms with Gasteiger partial charge in [-0.05, 0) is 43.3 Å². The highest BCUT2D eigenvalue weighted by Gasteiger charge is 2.78. The van der Waals surface area contributed by atoms with E-state index in [2.05, 4.69) is 11.1 Å². The summed E-state index contributed by atoms with van der Waals surface area (Å²) < 4.78 is 57.3. The molecule has 13 heteroatoms. The number of halogens is 4. The number of fused-ring (bicyclic) bond motifs is 7. The van der Waals surface area contributed by atoms with Gasteiger partial charge in [0, 0.05) is 40.2 Å². The third-order valence-electron chi connectivity index (χ3n) is 9.27. The zero-order chi connectivity index (χ0) is 32.6. The standard InChI is InChI=1S/C33H23ClF3N3O6/c1-31-25(45-30(43)33(35,36)37)15-32(46-31,11-13-44-24-10-12-39-22-14-18(34)7-8-21(22)24)27-26(31)28(41)40(29(27)42)23-9-6-17(16-38)19-4-2-3-5-20(19)23/h2-10,12,14,25-27H,11,13,15H2,1H3/t25?,26-,27+,31-,32+/m1/s1. The summed E-state index contributed by atoms with van der Waals surface area (Å²) in [5, 5.41) is 11.8. The molecule has 1 unspecified atom stereocenters. The van der Waals surface area contributed by atoms with Gasteiger partial charge >= 0.3 is 12.1 Å². The van der Waals surface area contributed by atoms with Crippen LogP contribution in [-0.4, -0.2) is 52.9 Å². The highest BCUT2D eigenvalue weighted by molar-refractivity contribution is 6.31. The van der Waals surface area contributed by atoms with Crippen molar-refractivity contribution >= 4 is 56.7 Å². The zero-order valence-electron chi connectivity index (χ0n) is 24.0. The number of anilines is 1. The van der Waals surface area contributed by atoms with Crippen LogP contribution >= 0.6 is 11.6 Å². The molecular formula is C33H23ClF3N3O6. The molecule has 0 spiro atoms. The molecular weight excluding hydrogens is 627 g/mol. The van der Waals surface area contributed by atoms with Crippen molar-refractivity contribution in [2.45, 2.75) is 43.2 Å². The molecule has 4 heterocycles. The average Bonchev–Trinajstić information content (AvgIpc) is 3.57. The Kier molecular flexibility index (Phi) is 6.77. The number of amides is 2. The molecule has 46 heavy (non-hydrogen) atoms. The minimum Gasteiger partial charge on any atom is -0.493 e. The number of carbonyl (C=O) groups is 3. The van der Waals surface area contributed by atoms with Crippen molar-refractivity contribution in [3.63, 3.8) is 0 Å². The van der Waals surface area contributed by atoms with Gasteiger partial charge in [-0.15, -0.1) is 0 Å². The Labute approximate surface area is 264 Å². The summed E-state index contributed by atoms with van der Waals surface area (Å²) in [4.78, 5) is 45.7. The van der Waals surface area contributed by atoms with Gasteiger partial charge in [0.15, 0.2) is 0 Å². The molecule has 3 saturated heterocycles. The lowest BCUT2D eigenvalue weighted by Gasteiger charge is -2.35. The fourth-order valence-electron chi connectivity index (χ4n) is 7.32. The monoisotopic (exact) mass is 649 g/mol. The number of benzene rings is 3. The summed E-state index contributed by atoms with van der Waals surface area (Å²) in [7, 11) is 0. The lowest BCUT2D eigenvalue weighted by molar-refractivity contribution is -0.211. The summed E-state index contributed by atoms with van der Waals surface area (Å²) in [6.07, 6.45) is -5.48. The highest BCUT2D eigenvalue weighted by Crippen LogP contribution is 2.63. The molecule has 0 saturated carbocycles. The van der Waals surface area contributed by atoms with E-state index in [1.54, 1.807) is 48.5 Å². The van der Waals surface area contributed by atoms with Gasteiger partial charge in [-0.3, -0.25) is 14.6 Å². The van der Waals surface area contributed by atoms with E-state index in [9.17, 15) is 32.8 Å². The topological polar surface area (TPSA) is 119 Å². The Bertz CT molecular complexity index is 2010. The SMILES string of the molecule is C[C@@]12O[C@@](CCOc3ccnc4cc(Cl)ccc34)(CC1OC(=O)C(F)(F)F)[C@@H]1C(=O)N(c3ccc(C#N)c4ccccc34)C(=O)[C@@H]12. The fraction of sp³-hybridized carbons (Fsp3) is 0.303. The van der Waals surface area contributed by atoms with Crippen molar-refractivity contribution < 1.29 is 41.8 Å². The minimum atomic E-state index is -5.28. The number of pyridine rings is 1. The number of hydrogen-bond donors (Lipinski definition) is 0. The number of alkyl halides is 3. The van der Waals surface area contributed by atoms with Crippen LogP contribution in [0.5, 0.6) is 5.75 Å². The van der Waals surface area contributed by atoms with Crippen molar-refractivity contribution in [3.8, 4) is 11.8 Å². The number of aromatic nitrogens is 1. The number of ether oxygens (including phenoxy) is 3. The summed E-state index contributed by atoms with van der Waals surface area (Å²) >= 11 is 6.09. The molecule has 3 fully saturated rings. The number of carbonyl (C=O) groups excluding carboxylic acids is 3. The predicted octanol–water partition coefficient (Wildman–Crippen LogP) is 5.89. The molecule has 9 nitrogen and oxygen atoms in total. The van der Waals surface area contributed by atoms with Crippen LogP contribution < -0.4 is 9.64 Å². The number of nitriles is 1. The maximum atomic E-state index is 14.3. The van der Waals surface area contributed by atoms with E-state index in [-0.39, 0.29) is 25.1 Å². The number of esters is 1. The summed E-state index contributed by atoms with van der Waals surface area (Å²) in [5.74, 6) is -5.60. The Morgan fingerprint density at radius 2 is 1.83 bits per heavy atom. The molecule has 0 aliphatic carbocycles. The smallest absolute Gasteiger partial charge is 0.490 e. The second-order valence-corrected chi connectivity index (χ2v) is 12.2. The molecule has 3 aromatic carbocycles. The van der Waals surface area contributed by atoms with Crippen LogP contribution in [0.3, 0.4) is 0 Å². The first-order chi connectivity index (χ1) is 21.9. The van der Waals surface area contributed by atoms with Gasteiger partial charge in [-0.1, -0.05) is 35.9 Å². The van der Waals surface area contributed by atoms with E-state index in [0.29, 0.717) is 38.0 Å². The van der Waals surface area contributed by atoms with Crippen molar-refractivity contribution in [2.24, 2.45) is 11.8 Å². The predicted molar refractivity (Wildman–Crippen MR) is 158 cm³/mol. The van der Waals surface area contributed by atoms with Gasteiger partial charge in [0.25, 0.3) is 0 Å². The van der Waals surface area contributed by atoms with Crippen LogP contribution in [0.2, 0.25) is 5.02 Å². The maximum Gasteiger partial charge on any atom is 0.490 e. The van der Waals surface area contributed by atoms with Gasteiger partial charge < -0.3 is 14.2 Å². The van der Waals surface area contributed by atoms with Gasteiger partial charge in [0.1, 0.15) is 17.5 Å². The number of hydrogen-bond acceptors (Lipinski definition) is 8. The molecule has 3 aliphatic rings. The molecule has 4 aromatic rings. The molecule has 2 amide bonds. The maximum absolute atomic E-state index is 14.3. The molecule has 3 aliphatic heterocycles. The van der Waals surface area contributed by atoms with Crippen molar-refractivity contribution in [1.82, 2.24) is 4.98 Å². The van der Waals surface area contributed by atoms with E-state index in [1.165, 1.54) is 25.3 Å². The zero-order valence-corrected chi connectivity index (χ0v) is 24.8. The minimum absolute atomic E-state index is 0.0117. The normalized spacial score (nSPS) is 26.9. The lowest BCUT2D eigenvalue weighted by atomic mass is 9.66. The van der Waals surface area contributed by atoms with E-state index in [0.717, 1.165) is 4.90 Å². The van der Waals surface area contributed by atoms with Gasteiger partial charge in [-0.25, -0.2) is 9.69 Å². The summed E-state index contributed by atoms with van der Waals surface area (Å²) in [6.45, 7) is 1.35. The molecule has 0 N–H and O–H groups in total. The largest absolute Gasteiger partial charge is 0.493 e. The second-order valence-electron chi connectivity index (χ2n) is 11.8. The first-order valence-electron chi connectivity index (χ1n) is 14.3. The van der Waals surface area contributed by atoms with Crippen LogP contribution in [0.15, 0.2) is 66.9 Å². The van der Waals surface area contributed by atoms with Crippen molar-refractivity contribution in [1.29, 1.82) is 5.26 Å². The molecule has 7 rings (SSSR count). The number of rotatable bonds is 6. The van der Waals surface area contributed by atoms with Gasteiger partial charge in [0.05, 0.1) is 46.9 Å². The van der Waals surface area contributed by atoms with Gasteiger partial charge in [-0.2, -0.15) is 18.4 Å². The Balaban J connectivity index is 1.26. The second kappa shape index (κ2) is 10.4. The fourth-order valence-corrected chi connectivity index (χ4v) is 7.49. The summed E-state index contributed by atoms with van der Waals surface area (Å²) in [6, 6.07) is 18.6. The van der Waals surface area contributed by atoms with E-state index < -0.39 is 53.1 Å². The highest BCUT2D eigenvalue weighted by atomic mass is 35.5. The van der Waals surface area contributed by atoms with Crippen LogP contribution in [0, 0.1) is 23.2 Å². The molecule has 5 atom stereocenters. The molecule has 0 radical (unpaired) electrons. The third-order valence-corrected chi connectivity index (χ3v) is 9.51. The first-order valence-corrected chi connectivity index (χ1v) is 14.7. The van der Waals surface area contributed by atoms with E-state index in [1.807, 2.05) is 0 Å². The van der Waals surface area contributed by atoms with Crippen molar-refractivity contribution in [3.05, 3.63) is 77.4 Å². The van der Waals surface area contributed by atoms with E-state index in [4.69, 9.17) is 25.8 Å². The van der Waals surface area contributed by atoms with Crippen LogP contribution in [0.25, 0.3) is 21.7 Å². The Morgan fingerprint density at radius 3 is 2.57 bits per heavy atom. The lowest BCUT2D eigenvalue weighted by Crippen LogP contribution is -2.52. The third kappa shape index (κ3) is 4.40. The number of nitrogens with zero attached hydrogens (tertiary/aromatic N) is 3. The first kappa shape index (κ1) is 30.0. The quantitative estimate of drug-likeness (QED) is 0.187. The van der Waals surface area contributed by atoms with Crippen LogP contribution in [0.4, 0.5) is 18.9 Å². The van der Waals surface area contributed by atoms with Crippen molar-refractivity contribution in [2.75, 3.05) is 11.5 Å². The van der Waals surface area contributed by atoms with Gasteiger partial charge in [0.2, 0.25) is 11.8 Å². The van der Waals surface area contributed by atoms with Crippen LogP contribution in [-0.2, 0) is 23.9 Å². The molecule has 2 bridgehead atoms. The molecule has 1 aromatic heterocycles. The Morgan fingerprint density at radius 1 is 1.09 bits per heavy atom. The Hall–Kier alpha value is -4.73. The van der Waals surface area contributed by atoms with Crippen LogP contribution in [0.1, 0.15) is 25.3 Å². The summed E-state index contributed by atoms with van der Waals surface area (Å²) in [5.41, 5.74) is -2.08. The van der Waals surface area contributed by atoms with E-state index >= 15 is 0 Å². The molecule has 234 valence electrons.